The van der Waals surface area contributed by atoms with Crippen LogP contribution in [0, 0.1) is 6.92 Å². The average molecular weight is 443 g/mol. The van der Waals surface area contributed by atoms with Gasteiger partial charge in [0.25, 0.3) is 5.03 Å². The van der Waals surface area contributed by atoms with Crippen LogP contribution in [0.3, 0.4) is 0 Å². The number of aromatic carboxylic acids is 1. The molecule has 0 fully saturated rings. The molecule has 1 amide bonds. The van der Waals surface area contributed by atoms with E-state index in [-0.39, 0.29) is 16.5 Å². The van der Waals surface area contributed by atoms with Crippen LogP contribution in [0.15, 0.2) is 52.0 Å². The Morgan fingerprint density at radius 3 is 2.61 bits per heavy atom. The maximum atomic E-state index is 12.9. The molecule has 1 heterocycles. The van der Waals surface area contributed by atoms with Gasteiger partial charge in [-0.25, -0.2) is 4.79 Å². The van der Waals surface area contributed by atoms with Gasteiger partial charge >= 0.3 is 5.97 Å². The summed E-state index contributed by atoms with van der Waals surface area (Å²) in [6, 6.07) is 11.4. The molecular formula is C21H21N3O6S. The van der Waals surface area contributed by atoms with Crippen LogP contribution in [0.2, 0.25) is 0 Å². The van der Waals surface area contributed by atoms with Gasteiger partial charge in [0.15, 0.2) is 5.95 Å². The van der Waals surface area contributed by atoms with E-state index < -0.39 is 17.2 Å². The zero-order valence-electron chi connectivity index (χ0n) is 17.1. The first-order valence-electron chi connectivity index (χ1n) is 9.39. The van der Waals surface area contributed by atoms with E-state index in [0.717, 1.165) is 17.3 Å². The number of methoxy groups -OCH3 is 1. The Morgan fingerprint density at radius 2 is 2.00 bits per heavy atom. The molecule has 0 aliphatic heterocycles. The second-order valence-corrected chi connectivity index (χ2v) is 7.81. The number of ether oxygens (including phenoxy) is 1. The molecule has 0 bridgehead atoms. The van der Waals surface area contributed by atoms with Crippen LogP contribution < -0.4 is 19.8 Å². The summed E-state index contributed by atoms with van der Waals surface area (Å²) in [5, 5.41) is 27.5. The van der Waals surface area contributed by atoms with E-state index >= 15 is 0 Å². The van der Waals surface area contributed by atoms with Gasteiger partial charge in [0.1, 0.15) is 5.75 Å². The van der Waals surface area contributed by atoms with Crippen LogP contribution in [0.5, 0.6) is 11.7 Å². The molecule has 0 saturated heterocycles. The van der Waals surface area contributed by atoms with E-state index in [9.17, 15) is 19.8 Å². The molecule has 31 heavy (non-hydrogen) atoms. The van der Waals surface area contributed by atoms with Gasteiger partial charge in [-0.05, 0) is 59.6 Å². The van der Waals surface area contributed by atoms with Crippen molar-refractivity contribution in [3.63, 3.8) is 0 Å². The topological polar surface area (TPSA) is 129 Å². The first-order chi connectivity index (χ1) is 14.8. The molecule has 2 aromatic carbocycles. The van der Waals surface area contributed by atoms with Crippen molar-refractivity contribution in [1.82, 2.24) is 5.27 Å². The summed E-state index contributed by atoms with van der Waals surface area (Å²) in [4.78, 5) is 24.1. The minimum absolute atomic E-state index is 0.0693. The number of thioether (sulfide) groups is 1. The lowest BCUT2D eigenvalue weighted by Crippen LogP contribution is -2.36. The second-order valence-electron chi connectivity index (χ2n) is 6.61. The quantitative estimate of drug-likeness (QED) is 0.401. The normalized spacial score (nSPS) is 11.7. The van der Waals surface area contributed by atoms with E-state index in [1.807, 2.05) is 6.92 Å². The Morgan fingerprint density at radius 1 is 1.29 bits per heavy atom. The van der Waals surface area contributed by atoms with Crippen LogP contribution >= 0.6 is 11.8 Å². The average Bonchev–Trinajstić information content (AvgIpc) is 3.13. The number of carbonyl (C=O) groups excluding carboxylic acids is 1. The fourth-order valence-corrected chi connectivity index (χ4v) is 3.76. The molecule has 1 atom stereocenters. The lowest BCUT2D eigenvalue weighted by Gasteiger charge is -2.15. The Balaban J connectivity index is 1.83. The lowest BCUT2D eigenvalue weighted by molar-refractivity contribution is -0.705. The van der Waals surface area contributed by atoms with Crippen LogP contribution in [-0.4, -0.2) is 34.6 Å². The molecule has 10 heteroatoms. The van der Waals surface area contributed by atoms with Crippen molar-refractivity contribution in [2.75, 3.05) is 12.4 Å². The summed E-state index contributed by atoms with van der Waals surface area (Å²) in [7, 11) is 1.55. The molecule has 0 saturated carbocycles. The van der Waals surface area contributed by atoms with E-state index in [2.05, 4.69) is 10.6 Å². The lowest BCUT2D eigenvalue weighted by atomic mass is 10.1. The van der Waals surface area contributed by atoms with Gasteiger partial charge in [0.05, 0.1) is 23.2 Å². The van der Waals surface area contributed by atoms with Crippen LogP contribution in [-0.2, 0) is 4.79 Å². The zero-order valence-corrected chi connectivity index (χ0v) is 17.9. The Bertz CT molecular complexity index is 1100. The molecule has 0 aliphatic carbocycles. The number of benzene rings is 2. The summed E-state index contributed by atoms with van der Waals surface area (Å²) in [5.41, 5.74) is 1.77. The van der Waals surface area contributed by atoms with E-state index in [1.54, 1.807) is 44.4 Å². The number of amides is 1. The van der Waals surface area contributed by atoms with Crippen molar-refractivity contribution < 1.29 is 33.7 Å². The Labute approximate surface area is 182 Å². The number of carboxylic acids is 1. The number of hydrogen-bond acceptors (Lipinski definition) is 7. The molecule has 1 aromatic heterocycles. The van der Waals surface area contributed by atoms with Crippen molar-refractivity contribution in [2.24, 2.45) is 0 Å². The molecule has 9 nitrogen and oxygen atoms in total. The van der Waals surface area contributed by atoms with Crippen molar-refractivity contribution in [2.45, 2.75) is 30.5 Å². The minimum Gasteiger partial charge on any atom is -0.538 e. The monoisotopic (exact) mass is 443 g/mol. The maximum absolute atomic E-state index is 12.9. The molecule has 0 aliphatic rings. The summed E-state index contributed by atoms with van der Waals surface area (Å²) < 4.78 is 11.3. The number of nitrogens with one attached hydrogen (secondary N) is 1. The number of rotatable bonds is 8. The molecule has 0 radical (unpaired) electrons. The van der Waals surface area contributed by atoms with Crippen molar-refractivity contribution in [1.29, 1.82) is 0 Å². The number of anilines is 1. The predicted octanol–water partition coefficient (Wildman–Crippen LogP) is 2.55. The summed E-state index contributed by atoms with van der Waals surface area (Å²) in [5.74, 6) is -1.46. The highest BCUT2D eigenvalue weighted by atomic mass is 32.2. The van der Waals surface area contributed by atoms with Crippen molar-refractivity contribution in [3.05, 3.63) is 53.6 Å². The molecule has 3 rings (SSSR count). The number of aromatic nitrogens is 2. The van der Waals surface area contributed by atoms with Gasteiger partial charge in [-0.1, -0.05) is 13.0 Å². The Hall–Kier alpha value is -3.53. The Kier molecular flexibility index (Phi) is 6.81. The maximum Gasteiger partial charge on any atom is 0.335 e. The molecule has 162 valence electrons. The van der Waals surface area contributed by atoms with Crippen LogP contribution in [0.25, 0.3) is 5.69 Å². The fraction of sp³-hybridized carbons (Fsp3) is 0.238. The van der Waals surface area contributed by atoms with Crippen molar-refractivity contribution in [3.8, 4) is 17.4 Å². The first-order valence-corrected chi connectivity index (χ1v) is 10.3. The standard InChI is InChI=1S/C21H21N3O6S/c1-4-17(18(25)22-16-11-13(20(26)27)6-5-12(16)2)31-19-21(28)30-23-24(19)14-7-9-15(29-3)10-8-14/h5-11,17H,4H2,1-3H3,(H2-,22,23,25,26,27,28). The summed E-state index contributed by atoms with van der Waals surface area (Å²) in [6.07, 6.45) is 0.418. The molecule has 3 aromatic rings. The van der Waals surface area contributed by atoms with Crippen molar-refractivity contribution >= 4 is 29.3 Å². The molecule has 2 N–H and O–H groups in total. The number of carbonyl (C=O) groups is 2. The number of aryl methyl sites for hydroxylation is 1. The number of nitrogens with zero attached hydrogens (tertiary/aromatic N) is 2. The SMILES string of the molecule is CCC(Sc1c([O-])on[n+]1-c1ccc(OC)cc1)C(=O)Nc1cc(C(=O)O)ccc1C. The number of hydrogen-bond donors (Lipinski definition) is 2. The zero-order chi connectivity index (χ0) is 22.5. The van der Waals surface area contributed by atoms with Gasteiger partial charge in [0.2, 0.25) is 11.6 Å². The van der Waals surface area contributed by atoms with Gasteiger partial charge < -0.3 is 24.8 Å². The number of carboxylic acid groups (broad SMARTS) is 1. The van der Waals surface area contributed by atoms with Gasteiger partial charge in [-0.15, -0.1) is 0 Å². The fourth-order valence-electron chi connectivity index (χ4n) is 2.79. The smallest absolute Gasteiger partial charge is 0.335 e. The molecular weight excluding hydrogens is 422 g/mol. The van der Waals surface area contributed by atoms with Gasteiger partial charge in [-0.2, -0.15) is 0 Å². The van der Waals surface area contributed by atoms with Crippen LogP contribution in [0.1, 0.15) is 29.3 Å². The summed E-state index contributed by atoms with van der Waals surface area (Å²) in [6.45, 7) is 3.58. The van der Waals surface area contributed by atoms with E-state index in [4.69, 9.17) is 9.26 Å². The third-order valence-electron chi connectivity index (χ3n) is 4.55. The molecule has 1 unspecified atom stereocenters. The van der Waals surface area contributed by atoms with E-state index in [1.165, 1.54) is 16.8 Å². The second kappa shape index (κ2) is 9.52. The predicted molar refractivity (Wildman–Crippen MR) is 111 cm³/mol. The summed E-state index contributed by atoms with van der Waals surface area (Å²) >= 11 is 1.03. The highest BCUT2D eigenvalue weighted by molar-refractivity contribution is 8.00. The van der Waals surface area contributed by atoms with Gasteiger partial charge in [-0.3, -0.25) is 4.79 Å². The largest absolute Gasteiger partial charge is 0.538 e. The van der Waals surface area contributed by atoms with E-state index in [0.29, 0.717) is 23.5 Å². The third kappa shape index (κ3) is 4.97. The molecule has 0 spiro atoms. The minimum atomic E-state index is -1.09. The first kappa shape index (κ1) is 22.2. The third-order valence-corrected chi connectivity index (χ3v) is 5.94. The van der Waals surface area contributed by atoms with Crippen LogP contribution in [0.4, 0.5) is 5.69 Å². The van der Waals surface area contributed by atoms with Gasteiger partial charge in [0, 0.05) is 17.8 Å². The highest BCUT2D eigenvalue weighted by Gasteiger charge is 2.28. The highest BCUT2D eigenvalue weighted by Crippen LogP contribution is 2.30.